The summed E-state index contributed by atoms with van der Waals surface area (Å²) in [5.74, 6) is 2.40. The van der Waals surface area contributed by atoms with E-state index >= 15 is 0 Å². The van der Waals surface area contributed by atoms with E-state index in [0.29, 0.717) is 28.5 Å². The van der Waals surface area contributed by atoms with Gasteiger partial charge < -0.3 is 20.6 Å². The molecule has 3 N–H and O–H groups in total. The molecule has 3 unspecified atom stereocenters. The lowest BCUT2D eigenvalue weighted by molar-refractivity contribution is -0.149. The minimum atomic E-state index is -0.378. The van der Waals surface area contributed by atoms with E-state index in [-0.39, 0.29) is 35.2 Å². The molecule has 0 bridgehead atoms. The number of rotatable bonds is 5. The summed E-state index contributed by atoms with van der Waals surface area (Å²) in [7, 11) is 2.00. The summed E-state index contributed by atoms with van der Waals surface area (Å²) < 4.78 is 0. The molecule has 0 aromatic rings. The number of hydrogen-bond acceptors (Lipinski definition) is 5. The number of nitrogens with zero attached hydrogens (tertiary/aromatic N) is 1. The van der Waals surface area contributed by atoms with E-state index in [1.54, 1.807) is 0 Å². The first-order valence-corrected chi connectivity index (χ1v) is 15.8. The van der Waals surface area contributed by atoms with E-state index in [4.69, 9.17) is 0 Å². The average molecular weight is 506 g/mol. The van der Waals surface area contributed by atoms with Gasteiger partial charge in [0, 0.05) is 30.8 Å². The second kappa shape index (κ2) is 10.8. The molecule has 6 heteroatoms. The van der Waals surface area contributed by atoms with Crippen LogP contribution in [0, 0.1) is 40.9 Å². The van der Waals surface area contributed by atoms with Crippen LogP contribution in [0.25, 0.3) is 0 Å². The van der Waals surface area contributed by atoms with Gasteiger partial charge in [0.25, 0.3) is 0 Å². The Balaban J connectivity index is 1.24. The second-order valence-corrected chi connectivity index (χ2v) is 14.7. The third-order valence-corrected chi connectivity index (χ3v) is 12.6. The van der Waals surface area contributed by atoms with E-state index in [0.717, 1.165) is 38.4 Å². The van der Waals surface area contributed by atoms with Gasteiger partial charge in [0.05, 0.1) is 11.5 Å². The zero-order chi connectivity index (χ0) is 24.7. The Bertz CT molecular complexity index is 739. The van der Waals surface area contributed by atoms with Gasteiger partial charge in [-0.05, 0) is 93.0 Å². The lowest BCUT2D eigenvalue weighted by Crippen LogP contribution is -2.60. The Labute approximate surface area is 218 Å². The largest absolute Gasteiger partial charge is 0.392 e. The van der Waals surface area contributed by atoms with Crippen molar-refractivity contribution in [1.29, 1.82) is 0 Å². The summed E-state index contributed by atoms with van der Waals surface area (Å²) in [6.45, 7) is 10.1. The lowest BCUT2D eigenvalue weighted by atomic mass is 9.51. The maximum Gasteiger partial charge on any atom is 0.225 e. The van der Waals surface area contributed by atoms with Crippen molar-refractivity contribution in [3.05, 3.63) is 0 Å². The molecule has 0 aromatic carbocycles. The van der Waals surface area contributed by atoms with Crippen molar-refractivity contribution in [2.75, 3.05) is 26.7 Å². The second-order valence-electron chi connectivity index (χ2n) is 13.3. The van der Waals surface area contributed by atoms with E-state index in [9.17, 15) is 9.90 Å². The summed E-state index contributed by atoms with van der Waals surface area (Å²) in [6.07, 6.45) is 12.0. The third-order valence-electron chi connectivity index (χ3n) is 11.0. The Morgan fingerprint density at radius 2 is 1.86 bits per heavy atom. The first-order chi connectivity index (χ1) is 16.8. The summed E-state index contributed by atoms with van der Waals surface area (Å²) in [6, 6.07) is 0.492. The fourth-order valence-corrected chi connectivity index (χ4v) is 11.1. The standard InChI is InChI=1S/C29H51N3O2S/c1-18(28(34)32(4)17-20-8-6-5-7-9-20)22-10-13-29(3)16-23-25(19(2)24(29)26(22)33)31-27(35-23)21-11-14-30-15-12-21/h18-27,30-31,33H,5-17H2,1-4H3/t18-,19+,22+,23?,24+,25?,26-,27?,29+/m0/s1. The van der Waals surface area contributed by atoms with Crippen LogP contribution in [0.4, 0.5) is 0 Å². The van der Waals surface area contributed by atoms with Gasteiger partial charge in [-0.2, -0.15) is 0 Å². The van der Waals surface area contributed by atoms with Crippen molar-refractivity contribution in [2.45, 2.75) is 108 Å². The van der Waals surface area contributed by atoms with Gasteiger partial charge in [-0.15, -0.1) is 11.8 Å². The molecule has 0 aromatic heterocycles. The topological polar surface area (TPSA) is 64.6 Å². The van der Waals surface area contributed by atoms with Crippen LogP contribution >= 0.6 is 11.8 Å². The van der Waals surface area contributed by atoms with Crippen molar-refractivity contribution in [3.63, 3.8) is 0 Å². The molecular formula is C29H51N3O2S. The molecule has 5 nitrogen and oxygen atoms in total. The van der Waals surface area contributed by atoms with E-state index in [1.165, 1.54) is 51.4 Å². The minimum absolute atomic E-state index is 0.0858. The number of fused-ring (bicyclic) bond motifs is 2. The molecule has 0 radical (unpaired) electrons. The summed E-state index contributed by atoms with van der Waals surface area (Å²) in [4.78, 5) is 15.5. The quantitative estimate of drug-likeness (QED) is 0.514. The van der Waals surface area contributed by atoms with Gasteiger partial charge in [-0.25, -0.2) is 0 Å². The van der Waals surface area contributed by atoms with Crippen LogP contribution < -0.4 is 10.6 Å². The smallest absolute Gasteiger partial charge is 0.225 e. The number of amides is 1. The zero-order valence-corrected chi connectivity index (χ0v) is 23.5. The SMILES string of the molecule is C[C@H](C(=O)N(C)CC1CCCCC1)[C@H]1CC[C@]2(C)CC3SC(C4CCNCC4)NC3[C@H](C)[C@@H]2[C@H]1O. The first-order valence-electron chi connectivity index (χ1n) is 14.8. The van der Waals surface area contributed by atoms with Gasteiger partial charge >= 0.3 is 0 Å². The molecule has 5 fully saturated rings. The number of thioether (sulfide) groups is 1. The summed E-state index contributed by atoms with van der Waals surface area (Å²) in [5.41, 5.74) is 0.185. The van der Waals surface area contributed by atoms with Gasteiger partial charge in [0.15, 0.2) is 0 Å². The number of aliphatic hydroxyl groups is 1. The highest BCUT2D eigenvalue weighted by Gasteiger charge is 2.58. The highest BCUT2D eigenvalue weighted by Crippen LogP contribution is 2.59. The van der Waals surface area contributed by atoms with Crippen LogP contribution in [0.3, 0.4) is 0 Å². The fourth-order valence-electron chi connectivity index (χ4n) is 8.97. The molecular weight excluding hydrogens is 454 g/mol. The normalized spacial score (nSPS) is 43.9. The van der Waals surface area contributed by atoms with E-state index in [1.807, 2.05) is 11.9 Å². The van der Waals surface area contributed by atoms with Gasteiger partial charge in [0.2, 0.25) is 5.91 Å². The Hall–Kier alpha value is -0.300. The summed E-state index contributed by atoms with van der Waals surface area (Å²) >= 11 is 2.21. The fraction of sp³-hybridized carbons (Fsp3) is 0.966. The zero-order valence-electron chi connectivity index (χ0n) is 22.7. The Kier molecular flexibility index (Phi) is 8.14. The van der Waals surface area contributed by atoms with Crippen LogP contribution in [0.1, 0.15) is 85.0 Å². The van der Waals surface area contributed by atoms with Crippen LogP contribution in [0.2, 0.25) is 0 Å². The predicted molar refractivity (Wildman–Crippen MR) is 145 cm³/mol. The number of hydrogen-bond donors (Lipinski definition) is 3. The lowest BCUT2D eigenvalue weighted by Gasteiger charge is -2.57. The number of carbonyl (C=O) groups is 1. The van der Waals surface area contributed by atoms with Crippen LogP contribution in [-0.2, 0) is 4.79 Å². The maximum absolute atomic E-state index is 13.5. The van der Waals surface area contributed by atoms with Crippen LogP contribution in [-0.4, -0.2) is 65.4 Å². The van der Waals surface area contributed by atoms with E-state index < -0.39 is 0 Å². The monoisotopic (exact) mass is 505 g/mol. The molecule has 1 amide bonds. The molecule has 3 aliphatic carbocycles. The first kappa shape index (κ1) is 26.3. The molecule has 5 rings (SSSR count). The van der Waals surface area contributed by atoms with Crippen molar-refractivity contribution in [2.24, 2.45) is 40.9 Å². The predicted octanol–water partition coefficient (Wildman–Crippen LogP) is 4.49. The molecule has 35 heavy (non-hydrogen) atoms. The van der Waals surface area contributed by atoms with Crippen molar-refractivity contribution < 1.29 is 9.90 Å². The number of piperidine rings is 1. The van der Waals surface area contributed by atoms with Gasteiger partial charge in [-0.3, -0.25) is 4.79 Å². The summed E-state index contributed by atoms with van der Waals surface area (Å²) in [5, 5.41) is 20.7. The van der Waals surface area contributed by atoms with Gasteiger partial charge in [0.1, 0.15) is 0 Å². The number of nitrogens with one attached hydrogen (secondary N) is 2. The van der Waals surface area contributed by atoms with E-state index in [2.05, 4.69) is 43.2 Å². The Morgan fingerprint density at radius 1 is 1.14 bits per heavy atom. The number of carbonyl (C=O) groups excluding carboxylic acids is 1. The maximum atomic E-state index is 13.5. The average Bonchev–Trinajstić information content (AvgIpc) is 3.28. The molecule has 2 heterocycles. The van der Waals surface area contributed by atoms with Crippen molar-refractivity contribution >= 4 is 17.7 Å². The highest BCUT2D eigenvalue weighted by atomic mass is 32.2. The van der Waals surface area contributed by atoms with Crippen LogP contribution in [0.5, 0.6) is 0 Å². The van der Waals surface area contributed by atoms with Crippen LogP contribution in [0.15, 0.2) is 0 Å². The highest BCUT2D eigenvalue weighted by molar-refractivity contribution is 8.00. The number of aliphatic hydroxyl groups excluding tert-OH is 1. The Morgan fingerprint density at radius 3 is 2.57 bits per heavy atom. The molecule has 5 aliphatic rings. The van der Waals surface area contributed by atoms with Crippen molar-refractivity contribution in [3.8, 4) is 0 Å². The van der Waals surface area contributed by atoms with Gasteiger partial charge in [-0.1, -0.05) is 40.0 Å². The molecule has 9 atom stereocenters. The molecule has 0 spiro atoms. The molecule has 200 valence electrons. The molecule has 3 saturated carbocycles. The minimum Gasteiger partial charge on any atom is -0.392 e. The molecule has 2 aliphatic heterocycles. The van der Waals surface area contributed by atoms with Crippen molar-refractivity contribution in [1.82, 2.24) is 15.5 Å². The molecule has 2 saturated heterocycles. The third kappa shape index (κ3) is 5.20.